The molecule has 1 unspecified atom stereocenters. The molecule has 0 aliphatic carbocycles. The van der Waals surface area contributed by atoms with E-state index in [2.05, 4.69) is 16.3 Å². The molecular formula is C17H21ClN2O2. The molecule has 1 aliphatic heterocycles. The Balaban J connectivity index is 1.64. The first-order chi connectivity index (χ1) is 10.8. The zero-order valence-electron chi connectivity index (χ0n) is 12.5. The van der Waals surface area contributed by atoms with E-state index in [9.17, 15) is 5.11 Å². The first-order valence-electron chi connectivity index (χ1n) is 7.70. The largest absolute Gasteiger partial charge is 0.467 e. The molecule has 2 aromatic rings. The molecule has 22 heavy (non-hydrogen) atoms. The van der Waals surface area contributed by atoms with Crippen molar-refractivity contribution in [3.63, 3.8) is 0 Å². The Labute approximate surface area is 135 Å². The fourth-order valence-corrected chi connectivity index (χ4v) is 3.13. The minimum absolute atomic E-state index is 0.429. The van der Waals surface area contributed by atoms with E-state index in [1.54, 1.807) is 18.4 Å². The summed E-state index contributed by atoms with van der Waals surface area (Å²) in [5, 5.41) is 14.1. The highest BCUT2D eigenvalue weighted by molar-refractivity contribution is 6.31. The zero-order chi connectivity index (χ0) is 15.4. The van der Waals surface area contributed by atoms with Gasteiger partial charge in [0.25, 0.3) is 0 Å². The molecule has 1 fully saturated rings. The van der Waals surface area contributed by atoms with Gasteiger partial charge in [-0.1, -0.05) is 17.7 Å². The number of nitrogens with one attached hydrogen (secondary N) is 1. The first kappa shape index (κ1) is 15.4. The van der Waals surface area contributed by atoms with Gasteiger partial charge in [-0.2, -0.15) is 0 Å². The Hall–Kier alpha value is -1.49. The summed E-state index contributed by atoms with van der Waals surface area (Å²) < 4.78 is 5.20. The van der Waals surface area contributed by atoms with Crippen molar-refractivity contribution in [2.45, 2.75) is 25.5 Å². The summed E-state index contributed by atoms with van der Waals surface area (Å²) in [5.41, 5.74) is 2.29. The zero-order valence-corrected chi connectivity index (χ0v) is 13.2. The van der Waals surface area contributed by atoms with Crippen LogP contribution in [-0.4, -0.2) is 24.7 Å². The van der Waals surface area contributed by atoms with E-state index in [0.717, 1.165) is 23.7 Å². The lowest BCUT2D eigenvalue weighted by Crippen LogP contribution is -2.24. The van der Waals surface area contributed by atoms with Gasteiger partial charge in [0, 0.05) is 42.5 Å². The molecule has 1 saturated heterocycles. The smallest absolute Gasteiger partial charge is 0.133 e. The number of furan rings is 1. The Bertz CT molecular complexity index is 595. The van der Waals surface area contributed by atoms with Crippen LogP contribution in [0.4, 0.5) is 5.69 Å². The fourth-order valence-electron chi connectivity index (χ4n) is 2.89. The van der Waals surface area contributed by atoms with Gasteiger partial charge in [0.05, 0.1) is 6.26 Å². The minimum atomic E-state index is -0.646. The van der Waals surface area contributed by atoms with E-state index in [0.29, 0.717) is 18.8 Å². The van der Waals surface area contributed by atoms with Crippen LogP contribution in [0, 0.1) is 0 Å². The number of anilines is 1. The first-order valence-corrected chi connectivity index (χ1v) is 8.08. The molecule has 1 aliphatic rings. The molecule has 0 saturated carbocycles. The molecule has 0 amide bonds. The Morgan fingerprint density at radius 3 is 2.77 bits per heavy atom. The summed E-state index contributed by atoms with van der Waals surface area (Å²) in [4.78, 5) is 2.38. The molecule has 0 bridgehead atoms. The van der Waals surface area contributed by atoms with Gasteiger partial charge in [-0.15, -0.1) is 0 Å². The summed E-state index contributed by atoms with van der Waals surface area (Å²) >= 11 is 6.38. The average molecular weight is 321 g/mol. The number of rotatable bonds is 6. The lowest BCUT2D eigenvalue weighted by Gasteiger charge is -2.22. The van der Waals surface area contributed by atoms with Gasteiger partial charge in [0.1, 0.15) is 11.9 Å². The number of halogens is 1. The highest BCUT2D eigenvalue weighted by atomic mass is 35.5. The van der Waals surface area contributed by atoms with Crippen molar-refractivity contribution in [1.82, 2.24) is 5.32 Å². The summed E-state index contributed by atoms with van der Waals surface area (Å²) in [7, 11) is 0. The van der Waals surface area contributed by atoms with Gasteiger partial charge >= 0.3 is 0 Å². The summed E-state index contributed by atoms with van der Waals surface area (Å²) in [6.45, 7) is 3.23. The predicted molar refractivity (Wildman–Crippen MR) is 88.3 cm³/mol. The topological polar surface area (TPSA) is 48.6 Å². The van der Waals surface area contributed by atoms with Crippen LogP contribution in [0.5, 0.6) is 0 Å². The van der Waals surface area contributed by atoms with Gasteiger partial charge in [-0.25, -0.2) is 0 Å². The monoisotopic (exact) mass is 320 g/mol. The van der Waals surface area contributed by atoms with Crippen LogP contribution < -0.4 is 10.2 Å². The molecule has 5 heteroatoms. The molecule has 0 spiro atoms. The van der Waals surface area contributed by atoms with Crippen LogP contribution >= 0.6 is 11.6 Å². The number of nitrogens with zero attached hydrogens (tertiary/aromatic N) is 1. The third-order valence-electron chi connectivity index (χ3n) is 4.05. The van der Waals surface area contributed by atoms with E-state index in [4.69, 9.17) is 16.0 Å². The molecule has 2 heterocycles. The van der Waals surface area contributed by atoms with E-state index in [1.165, 1.54) is 18.5 Å². The van der Waals surface area contributed by atoms with Gasteiger partial charge in [-0.05, 0) is 37.1 Å². The molecule has 3 rings (SSSR count). The van der Waals surface area contributed by atoms with E-state index in [-0.39, 0.29) is 0 Å². The third-order valence-corrected chi connectivity index (χ3v) is 4.41. The van der Waals surface area contributed by atoms with E-state index < -0.39 is 6.10 Å². The van der Waals surface area contributed by atoms with Crippen LogP contribution in [0.2, 0.25) is 5.02 Å². The second-order valence-electron chi connectivity index (χ2n) is 5.59. The van der Waals surface area contributed by atoms with Gasteiger partial charge < -0.3 is 19.7 Å². The number of aliphatic hydroxyl groups excluding tert-OH is 1. The van der Waals surface area contributed by atoms with Crippen LogP contribution in [0.3, 0.4) is 0 Å². The normalized spacial score (nSPS) is 16.2. The van der Waals surface area contributed by atoms with Crippen molar-refractivity contribution in [2.24, 2.45) is 0 Å². The van der Waals surface area contributed by atoms with Crippen LogP contribution in [0.15, 0.2) is 41.0 Å². The van der Waals surface area contributed by atoms with Gasteiger partial charge in [0.15, 0.2) is 0 Å². The maximum absolute atomic E-state index is 10.0. The number of hydrogen-bond acceptors (Lipinski definition) is 4. The summed E-state index contributed by atoms with van der Waals surface area (Å²) in [6.07, 6.45) is 3.39. The number of hydrogen-bond donors (Lipinski definition) is 2. The average Bonchev–Trinajstić information content (AvgIpc) is 3.22. The second kappa shape index (κ2) is 7.18. The maximum atomic E-state index is 10.0. The minimum Gasteiger partial charge on any atom is -0.467 e. The third kappa shape index (κ3) is 3.46. The number of benzene rings is 1. The molecule has 0 radical (unpaired) electrons. The molecule has 2 N–H and O–H groups in total. The molecule has 4 nitrogen and oxygen atoms in total. The van der Waals surface area contributed by atoms with E-state index in [1.807, 2.05) is 12.1 Å². The Morgan fingerprint density at radius 1 is 1.23 bits per heavy atom. The SMILES string of the molecule is OC(CNCc1c(Cl)cccc1N1CCCC1)c1ccco1. The van der Waals surface area contributed by atoms with Crippen LogP contribution in [0.25, 0.3) is 0 Å². The van der Waals surface area contributed by atoms with Crippen molar-refractivity contribution >= 4 is 17.3 Å². The Morgan fingerprint density at radius 2 is 2.05 bits per heavy atom. The van der Waals surface area contributed by atoms with Crippen molar-refractivity contribution in [3.8, 4) is 0 Å². The van der Waals surface area contributed by atoms with Crippen molar-refractivity contribution < 1.29 is 9.52 Å². The second-order valence-corrected chi connectivity index (χ2v) is 6.00. The maximum Gasteiger partial charge on any atom is 0.133 e. The lowest BCUT2D eigenvalue weighted by atomic mass is 10.1. The molecule has 1 atom stereocenters. The molecule has 1 aromatic carbocycles. The summed E-state index contributed by atoms with van der Waals surface area (Å²) in [5.74, 6) is 0.575. The van der Waals surface area contributed by atoms with Gasteiger partial charge in [0.2, 0.25) is 0 Å². The quantitative estimate of drug-likeness (QED) is 0.857. The molecule has 1 aromatic heterocycles. The summed E-state index contributed by atoms with van der Waals surface area (Å²) in [6, 6.07) is 9.59. The predicted octanol–water partition coefficient (Wildman–Crippen LogP) is 3.36. The van der Waals surface area contributed by atoms with Crippen molar-refractivity contribution in [3.05, 3.63) is 52.9 Å². The van der Waals surface area contributed by atoms with Gasteiger partial charge in [-0.3, -0.25) is 0 Å². The number of aliphatic hydroxyl groups is 1. The Kier molecular flexibility index (Phi) is 5.03. The van der Waals surface area contributed by atoms with E-state index >= 15 is 0 Å². The van der Waals surface area contributed by atoms with Crippen molar-refractivity contribution in [1.29, 1.82) is 0 Å². The molecular weight excluding hydrogens is 300 g/mol. The van der Waals surface area contributed by atoms with Crippen LogP contribution in [-0.2, 0) is 6.54 Å². The van der Waals surface area contributed by atoms with Crippen LogP contribution in [0.1, 0.15) is 30.3 Å². The molecule has 118 valence electrons. The highest BCUT2D eigenvalue weighted by Gasteiger charge is 2.17. The lowest BCUT2D eigenvalue weighted by molar-refractivity contribution is 0.147. The van der Waals surface area contributed by atoms with Crippen molar-refractivity contribution in [2.75, 3.05) is 24.5 Å². The standard InChI is InChI=1S/C17H21ClN2O2/c18-14-5-3-6-15(20-8-1-2-9-20)13(14)11-19-12-16(21)17-7-4-10-22-17/h3-7,10,16,19,21H,1-2,8-9,11-12H2. The highest BCUT2D eigenvalue weighted by Crippen LogP contribution is 2.30. The fraction of sp³-hybridized carbons (Fsp3) is 0.412.